The molecular weight excluding hydrogens is 306 g/mol. The highest BCUT2D eigenvalue weighted by molar-refractivity contribution is 9.10. The average molecular weight is 322 g/mol. The molecule has 1 rings (SSSR count). The van der Waals surface area contributed by atoms with Gasteiger partial charge >= 0.3 is 5.97 Å². The Balaban J connectivity index is 2.91. The van der Waals surface area contributed by atoms with Crippen molar-refractivity contribution < 1.29 is 9.53 Å². The molecule has 0 saturated carbocycles. The summed E-state index contributed by atoms with van der Waals surface area (Å²) in [5.74, 6) is -0.685. The Labute approximate surface area is 122 Å². The molecule has 0 N–H and O–H groups in total. The Morgan fingerprint density at radius 2 is 2.11 bits per heavy atom. The summed E-state index contributed by atoms with van der Waals surface area (Å²) in [6.45, 7) is 3.90. The number of carbonyl (C=O) groups excluding carboxylic acids is 1. The number of nitrogens with zero attached hydrogens (tertiary/aromatic N) is 1. The lowest BCUT2D eigenvalue weighted by atomic mass is 9.92. The number of benzene rings is 1. The summed E-state index contributed by atoms with van der Waals surface area (Å²) < 4.78 is 6.06. The van der Waals surface area contributed by atoms with Crippen LogP contribution in [-0.4, -0.2) is 12.6 Å². The lowest BCUT2D eigenvalue weighted by molar-refractivity contribution is -0.146. The van der Waals surface area contributed by atoms with Gasteiger partial charge in [-0.05, 0) is 43.5 Å². The molecule has 0 aromatic heterocycles. The summed E-state index contributed by atoms with van der Waals surface area (Å²) in [7, 11) is 0. The molecule has 0 radical (unpaired) electrons. The van der Waals surface area contributed by atoms with Crippen LogP contribution in [0.3, 0.4) is 0 Å². The molecule has 0 aliphatic heterocycles. The molecule has 0 spiro atoms. The van der Waals surface area contributed by atoms with Gasteiger partial charge < -0.3 is 4.74 Å². The van der Waals surface area contributed by atoms with E-state index in [0.717, 1.165) is 15.6 Å². The van der Waals surface area contributed by atoms with Crippen molar-refractivity contribution in [1.29, 1.82) is 5.26 Å². The van der Waals surface area contributed by atoms with E-state index in [1.807, 2.05) is 30.3 Å². The van der Waals surface area contributed by atoms with Crippen LogP contribution in [0.25, 0.3) is 0 Å². The monoisotopic (exact) mass is 321 g/mol. The van der Waals surface area contributed by atoms with Gasteiger partial charge in [-0.3, -0.25) is 4.79 Å². The second kappa shape index (κ2) is 7.75. The summed E-state index contributed by atoms with van der Waals surface area (Å²) in [5.41, 5.74) is 1.76. The summed E-state index contributed by atoms with van der Waals surface area (Å²) in [6, 6.07) is 9.73. The number of rotatable bonds is 5. The Morgan fingerprint density at radius 3 is 2.63 bits per heavy atom. The standard InChI is InChI=1S/C15H16BrNO2/c1-3-19-15(18)14(11(2)8-9-17)10-12-4-6-13(16)7-5-12/h4-8,14H,3,10H2,1-2H3/b11-8+. The molecule has 1 aromatic carbocycles. The van der Waals surface area contributed by atoms with Crippen molar-refractivity contribution in [2.24, 2.45) is 5.92 Å². The van der Waals surface area contributed by atoms with Crippen molar-refractivity contribution >= 4 is 21.9 Å². The number of esters is 1. The van der Waals surface area contributed by atoms with Crippen LogP contribution in [-0.2, 0) is 16.0 Å². The highest BCUT2D eigenvalue weighted by atomic mass is 79.9. The Bertz CT molecular complexity index is 500. The van der Waals surface area contributed by atoms with Gasteiger partial charge in [-0.1, -0.05) is 28.1 Å². The summed E-state index contributed by atoms with van der Waals surface area (Å²) >= 11 is 3.37. The Kier molecular flexibility index (Phi) is 6.31. The first kappa shape index (κ1) is 15.5. The van der Waals surface area contributed by atoms with Gasteiger partial charge in [-0.25, -0.2) is 0 Å². The first-order valence-electron chi connectivity index (χ1n) is 6.05. The first-order valence-corrected chi connectivity index (χ1v) is 6.85. The Morgan fingerprint density at radius 1 is 1.47 bits per heavy atom. The molecule has 0 aliphatic rings. The maximum Gasteiger partial charge on any atom is 0.313 e. The number of nitriles is 1. The van der Waals surface area contributed by atoms with Gasteiger partial charge in [0.2, 0.25) is 0 Å². The summed E-state index contributed by atoms with van der Waals surface area (Å²) in [5, 5.41) is 8.72. The van der Waals surface area contributed by atoms with E-state index in [1.165, 1.54) is 6.08 Å². The van der Waals surface area contributed by atoms with Crippen molar-refractivity contribution in [2.45, 2.75) is 20.3 Å². The smallest absolute Gasteiger partial charge is 0.313 e. The Hall–Kier alpha value is -1.60. The minimum absolute atomic E-state index is 0.283. The van der Waals surface area contributed by atoms with Crippen LogP contribution in [0.2, 0.25) is 0 Å². The summed E-state index contributed by atoms with van der Waals surface area (Å²) in [4.78, 5) is 11.9. The van der Waals surface area contributed by atoms with E-state index in [-0.39, 0.29) is 5.97 Å². The van der Waals surface area contributed by atoms with E-state index < -0.39 is 5.92 Å². The predicted octanol–water partition coefficient (Wildman–Crippen LogP) is 3.64. The van der Waals surface area contributed by atoms with Crippen LogP contribution in [0, 0.1) is 17.2 Å². The highest BCUT2D eigenvalue weighted by Crippen LogP contribution is 2.20. The van der Waals surface area contributed by atoms with Crippen LogP contribution < -0.4 is 0 Å². The highest BCUT2D eigenvalue weighted by Gasteiger charge is 2.22. The van der Waals surface area contributed by atoms with E-state index in [1.54, 1.807) is 13.8 Å². The molecule has 100 valence electrons. The number of allylic oxidation sites excluding steroid dienone is 1. The van der Waals surface area contributed by atoms with Gasteiger partial charge in [-0.15, -0.1) is 0 Å². The van der Waals surface area contributed by atoms with Crippen molar-refractivity contribution in [3.05, 3.63) is 46.0 Å². The van der Waals surface area contributed by atoms with Crippen LogP contribution in [0.1, 0.15) is 19.4 Å². The van der Waals surface area contributed by atoms with Crippen LogP contribution in [0.15, 0.2) is 40.4 Å². The molecule has 1 unspecified atom stereocenters. The zero-order chi connectivity index (χ0) is 14.3. The minimum Gasteiger partial charge on any atom is -0.466 e. The molecule has 1 aromatic rings. The lowest BCUT2D eigenvalue weighted by Gasteiger charge is -2.16. The van der Waals surface area contributed by atoms with Crippen molar-refractivity contribution in [3.63, 3.8) is 0 Å². The van der Waals surface area contributed by atoms with E-state index in [4.69, 9.17) is 10.00 Å². The third-order valence-corrected chi connectivity index (χ3v) is 3.29. The fraction of sp³-hybridized carbons (Fsp3) is 0.333. The molecule has 0 fully saturated rings. The first-order chi connectivity index (χ1) is 9.08. The molecule has 0 amide bonds. The lowest BCUT2D eigenvalue weighted by Crippen LogP contribution is -2.21. The molecule has 0 saturated heterocycles. The third-order valence-electron chi connectivity index (χ3n) is 2.77. The maximum atomic E-state index is 11.9. The molecule has 1 atom stereocenters. The number of carbonyl (C=O) groups is 1. The van der Waals surface area contributed by atoms with E-state index in [2.05, 4.69) is 15.9 Å². The topological polar surface area (TPSA) is 50.1 Å². The molecule has 0 bridgehead atoms. The number of halogens is 1. The van der Waals surface area contributed by atoms with Gasteiger partial charge in [-0.2, -0.15) is 5.26 Å². The van der Waals surface area contributed by atoms with Crippen molar-refractivity contribution in [1.82, 2.24) is 0 Å². The maximum absolute atomic E-state index is 11.9. The van der Waals surface area contributed by atoms with Crippen LogP contribution in [0.4, 0.5) is 0 Å². The molecular formula is C15H16BrNO2. The summed E-state index contributed by atoms with van der Waals surface area (Å²) in [6.07, 6.45) is 1.94. The normalized spacial score (nSPS) is 12.6. The third kappa shape index (κ3) is 4.88. The number of ether oxygens (including phenoxy) is 1. The fourth-order valence-corrected chi connectivity index (χ4v) is 2.00. The van der Waals surface area contributed by atoms with E-state index in [9.17, 15) is 4.79 Å². The van der Waals surface area contributed by atoms with Crippen LogP contribution in [0.5, 0.6) is 0 Å². The van der Waals surface area contributed by atoms with Gasteiger partial charge in [0.15, 0.2) is 0 Å². The average Bonchev–Trinajstić information content (AvgIpc) is 2.38. The van der Waals surface area contributed by atoms with Crippen LogP contribution >= 0.6 is 15.9 Å². The SMILES string of the molecule is CCOC(=O)C(Cc1ccc(Br)cc1)/C(C)=C/C#N. The van der Waals surface area contributed by atoms with Gasteiger partial charge in [0, 0.05) is 10.5 Å². The van der Waals surface area contributed by atoms with Crippen molar-refractivity contribution in [2.75, 3.05) is 6.61 Å². The minimum atomic E-state index is -0.402. The molecule has 19 heavy (non-hydrogen) atoms. The zero-order valence-electron chi connectivity index (χ0n) is 11.0. The molecule has 0 heterocycles. The number of hydrogen-bond donors (Lipinski definition) is 0. The second-order valence-corrected chi connectivity index (χ2v) is 5.07. The van der Waals surface area contributed by atoms with Gasteiger partial charge in [0.25, 0.3) is 0 Å². The van der Waals surface area contributed by atoms with E-state index in [0.29, 0.717) is 13.0 Å². The fourth-order valence-electron chi connectivity index (χ4n) is 1.73. The van der Waals surface area contributed by atoms with Gasteiger partial charge in [0.1, 0.15) is 0 Å². The largest absolute Gasteiger partial charge is 0.466 e. The quantitative estimate of drug-likeness (QED) is 0.614. The molecule has 4 heteroatoms. The molecule has 3 nitrogen and oxygen atoms in total. The van der Waals surface area contributed by atoms with Crippen molar-refractivity contribution in [3.8, 4) is 6.07 Å². The van der Waals surface area contributed by atoms with E-state index >= 15 is 0 Å². The molecule has 0 aliphatic carbocycles. The predicted molar refractivity (Wildman–Crippen MR) is 77.3 cm³/mol. The number of hydrogen-bond acceptors (Lipinski definition) is 3. The zero-order valence-corrected chi connectivity index (χ0v) is 12.6. The second-order valence-electron chi connectivity index (χ2n) is 4.15. The van der Waals surface area contributed by atoms with Gasteiger partial charge in [0.05, 0.1) is 18.6 Å².